The first-order chi connectivity index (χ1) is 21.1. The van der Waals surface area contributed by atoms with E-state index in [0.717, 1.165) is 11.1 Å². The number of carbonyl (C=O) groups excluding carboxylic acids is 3. The first-order valence-corrected chi connectivity index (χ1v) is 15.7. The highest BCUT2D eigenvalue weighted by Crippen LogP contribution is 2.40. The molecular formula is C33H38N4O6S. The minimum absolute atomic E-state index is 0.0272. The number of carbonyl (C=O) groups is 3. The van der Waals surface area contributed by atoms with Crippen LogP contribution in [0.5, 0.6) is 5.75 Å². The summed E-state index contributed by atoms with van der Waals surface area (Å²) in [6, 6.07) is 18.7. The van der Waals surface area contributed by atoms with E-state index in [2.05, 4.69) is 15.6 Å². The number of nitrogens with zero attached hydrogens (tertiary/aromatic N) is 2. The number of amides is 3. The van der Waals surface area contributed by atoms with Crippen LogP contribution in [-0.2, 0) is 27.3 Å². The quantitative estimate of drug-likeness (QED) is 0.272. The van der Waals surface area contributed by atoms with Gasteiger partial charge in [0.05, 0.1) is 11.9 Å². The SMILES string of the molecule is CC1(C)SCN(C(=O)C(O)C[C@@H](Cc2ccccc2)C(=O)N[C@H]2c3ccccc3OC[C@H]2O)C1C(=O)NCc1ccncc1. The van der Waals surface area contributed by atoms with Gasteiger partial charge in [-0.15, -0.1) is 11.8 Å². The maximum Gasteiger partial charge on any atom is 0.252 e. The zero-order valence-corrected chi connectivity index (χ0v) is 25.6. The van der Waals surface area contributed by atoms with Crippen molar-refractivity contribution in [2.24, 2.45) is 5.92 Å². The predicted octanol–water partition coefficient (Wildman–Crippen LogP) is 2.60. The summed E-state index contributed by atoms with van der Waals surface area (Å²) in [5.41, 5.74) is 2.40. The van der Waals surface area contributed by atoms with Crippen LogP contribution in [-0.4, -0.2) is 73.3 Å². The van der Waals surface area contributed by atoms with Gasteiger partial charge in [0.2, 0.25) is 11.8 Å². The second kappa shape index (κ2) is 13.8. The number of pyridine rings is 1. The van der Waals surface area contributed by atoms with E-state index < -0.39 is 46.8 Å². The number of ether oxygens (including phenoxy) is 1. The van der Waals surface area contributed by atoms with Gasteiger partial charge < -0.3 is 30.5 Å². The Morgan fingerprint density at radius 3 is 2.50 bits per heavy atom. The van der Waals surface area contributed by atoms with Crippen molar-refractivity contribution in [3.05, 3.63) is 95.8 Å². The van der Waals surface area contributed by atoms with Crippen molar-refractivity contribution in [2.75, 3.05) is 12.5 Å². The van der Waals surface area contributed by atoms with Gasteiger partial charge in [-0.05, 0) is 56.0 Å². The van der Waals surface area contributed by atoms with Crippen LogP contribution in [0.25, 0.3) is 0 Å². The molecule has 2 unspecified atom stereocenters. The molecule has 1 saturated heterocycles. The standard InChI is InChI=1S/C33H38N4O6S/c1-33(2)29(31(41)35-18-22-12-14-34-15-13-22)37(20-44-33)32(42)25(38)17-23(16-21-8-4-3-5-9-21)30(40)36-28-24-10-6-7-11-27(24)43-19-26(28)39/h3-15,23,25-26,28-29,38-39H,16-20H2,1-2H3,(H,35,41)(H,36,40)/t23-,25?,26-,28+,29?/m1/s1. The zero-order chi connectivity index (χ0) is 31.3. The van der Waals surface area contributed by atoms with E-state index in [-0.39, 0.29) is 37.8 Å². The Morgan fingerprint density at radius 2 is 1.75 bits per heavy atom. The molecule has 1 fully saturated rings. The second-order valence-electron chi connectivity index (χ2n) is 11.7. The number of aliphatic hydroxyl groups is 2. The Kier molecular flexibility index (Phi) is 9.87. The highest BCUT2D eigenvalue weighted by atomic mass is 32.2. The fraction of sp³-hybridized carbons (Fsp3) is 0.394. The molecule has 232 valence electrons. The lowest BCUT2D eigenvalue weighted by Crippen LogP contribution is -2.55. The first-order valence-electron chi connectivity index (χ1n) is 14.7. The molecule has 0 spiro atoms. The molecule has 5 atom stereocenters. The molecule has 0 aliphatic carbocycles. The molecule has 4 N–H and O–H groups in total. The van der Waals surface area contributed by atoms with Crippen LogP contribution >= 0.6 is 11.8 Å². The minimum Gasteiger partial charge on any atom is -0.490 e. The van der Waals surface area contributed by atoms with Crippen molar-refractivity contribution < 1.29 is 29.3 Å². The number of fused-ring (bicyclic) bond motifs is 1. The average molecular weight is 619 g/mol. The number of thioether (sulfide) groups is 1. The highest BCUT2D eigenvalue weighted by molar-refractivity contribution is 8.00. The summed E-state index contributed by atoms with van der Waals surface area (Å²) < 4.78 is 5.02. The van der Waals surface area contributed by atoms with Crippen molar-refractivity contribution in [2.45, 2.75) is 62.3 Å². The van der Waals surface area contributed by atoms with Gasteiger partial charge in [-0.1, -0.05) is 48.5 Å². The molecule has 5 rings (SSSR count). The van der Waals surface area contributed by atoms with Crippen LogP contribution in [0.4, 0.5) is 0 Å². The predicted molar refractivity (Wildman–Crippen MR) is 166 cm³/mol. The summed E-state index contributed by atoms with van der Waals surface area (Å²) in [6.07, 6.45) is 0.917. The molecule has 10 nitrogen and oxygen atoms in total. The molecular weight excluding hydrogens is 580 g/mol. The summed E-state index contributed by atoms with van der Waals surface area (Å²) in [6.45, 7) is 4.11. The third kappa shape index (κ3) is 7.23. The smallest absolute Gasteiger partial charge is 0.252 e. The molecule has 0 radical (unpaired) electrons. The van der Waals surface area contributed by atoms with Crippen LogP contribution in [0.15, 0.2) is 79.1 Å². The van der Waals surface area contributed by atoms with Gasteiger partial charge in [0, 0.05) is 35.2 Å². The molecule has 3 amide bonds. The van der Waals surface area contributed by atoms with Gasteiger partial charge in [0.25, 0.3) is 5.91 Å². The van der Waals surface area contributed by atoms with Gasteiger partial charge in [-0.2, -0.15) is 0 Å². The number of para-hydroxylation sites is 1. The van der Waals surface area contributed by atoms with E-state index in [1.165, 1.54) is 16.7 Å². The Hall–Kier alpha value is -3.93. The summed E-state index contributed by atoms with van der Waals surface area (Å²) in [5, 5.41) is 27.9. The van der Waals surface area contributed by atoms with Crippen LogP contribution in [0.3, 0.4) is 0 Å². The molecule has 2 aliphatic heterocycles. The van der Waals surface area contributed by atoms with E-state index in [9.17, 15) is 24.6 Å². The fourth-order valence-electron chi connectivity index (χ4n) is 5.74. The maximum absolute atomic E-state index is 13.8. The molecule has 2 aromatic carbocycles. The molecule has 1 aromatic heterocycles. The fourth-order valence-corrected chi connectivity index (χ4v) is 6.88. The molecule has 3 aromatic rings. The minimum atomic E-state index is -1.52. The van der Waals surface area contributed by atoms with Gasteiger partial charge >= 0.3 is 0 Å². The normalized spacial score (nSPS) is 21.8. The largest absolute Gasteiger partial charge is 0.490 e. The summed E-state index contributed by atoms with van der Waals surface area (Å²) >= 11 is 1.46. The van der Waals surface area contributed by atoms with Crippen LogP contribution in [0.1, 0.15) is 43.0 Å². The van der Waals surface area contributed by atoms with Gasteiger partial charge in [0.15, 0.2) is 0 Å². The third-order valence-electron chi connectivity index (χ3n) is 8.13. The van der Waals surface area contributed by atoms with Crippen LogP contribution in [0.2, 0.25) is 0 Å². The number of aromatic nitrogens is 1. The Bertz CT molecular complexity index is 1460. The van der Waals surface area contributed by atoms with E-state index in [4.69, 9.17) is 4.74 Å². The van der Waals surface area contributed by atoms with Crippen molar-refractivity contribution in [1.29, 1.82) is 0 Å². The summed E-state index contributed by atoms with van der Waals surface area (Å²) in [4.78, 5) is 46.3. The number of nitrogens with one attached hydrogen (secondary N) is 2. The van der Waals surface area contributed by atoms with E-state index in [1.54, 1.807) is 36.7 Å². The van der Waals surface area contributed by atoms with Gasteiger partial charge in [-0.25, -0.2) is 0 Å². The molecule has 11 heteroatoms. The number of aliphatic hydroxyl groups excluding tert-OH is 2. The maximum atomic E-state index is 13.8. The van der Waals surface area contributed by atoms with Gasteiger partial charge in [0.1, 0.15) is 30.6 Å². The Balaban J connectivity index is 1.31. The third-order valence-corrected chi connectivity index (χ3v) is 9.50. The van der Waals surface area contributed by atoms with E-state index in [0.29, 0.717) is 11.3 Å². The van der Waals surface area contributed by atoms with Crippen molar-refractivity contribution >= 4 is 29.5 Å². The van der Waals surface area contributed by atoms with E-state index in [1.807, 2.05) is 56.3 Å². The molecule has 44 heavy (non-hydrogen) atoms. The topological polar surface area (TPSA) is 141 Å². The molecule has 0 bridgehead atoms. The molecule has 2 aliphatic rings. The Morgan fingerprint density at radius 1 is 1.05 bits per heavy atom. The summed E-state index contributed by atoms with van der Waals surface area (Å²) in [5.74, 6) is -1.29. The summed E-state index contributed by atoms with van der Waals surface area (Å²) in [7, 11) is 0. The molecule has 0 saturated carbocycles. The second-order valence-corrected chi connectivity index (χ2v) is 13.3. The first kappa shape index (κ1) is 31.5. The Labute approximate surface area is 261 Å². The lowest BCUT2D eigenvalue weighted by Gasteiger charge is -2.33. The van der Waals surface area contributed by atoms with Gasteiger partial charge in [-0.3, -0.25) is 19.4 Å². The number of benzene rings is 2. The van der Waals surface area contributed by atoms with Crippen molar-refractivity contribution in [3.8, 4) is 5.75 Å². The monoisotopic (exact) mass is 618 g/mol. The average Bonchev–Trinajstić information content (AvgIpc) is 3.36. The number of hydrogen-bond acceptors (Lipinski definition) is 8. The zero-order valence-electron chi connectivity index (χ0n) is 24.8. The molecule has 3 heterocycles. The van der Waals surface area contributed by atoms with Crippen LogP contribution < -0.4 is 15.4 Å². The van der Waals surface area contributed by atoms with Crippen LogP contribution in [0, 0.1) is 5.92 Å². The van der Waals surface area contributed by atoms with Crippen molar-refractivity contribution in [3.63, 3.8) is 0 Å². The lowest BCUT2D eigenvalue weighted by molar-refractivity contribution is -0.147. The lowest BCUT2D eigenvalue weighted by atomic mass is 9.90. The number of rotatable bonds is 10. The van der Waals surface area contributed by atoms with E-state index >= 15 is 0 Å². The number of hydrogen-bond donors (Lipinski definition) is 4. The highest BCUT2D eigenvalue weighted by Gasteiger charge is 2.49. The van der Waals surface area contributed by atoms with Crippen molar-refractivity contribution in [1.82, 2.24) is 20.5 Å².